The van der Waals surface area contributed by atoms with Crippen LogP contribution in [0.4, 0.5) is 17.6 Å². The fraction of sp³-hybridized carbons (Fsp3) is 0.200. The third-order valence-electron chi connectivity index (χ3n) is 3.91. The molecule has 0 aliphatic rings. The number of para-hydroxylation sites is 1. The van der Waals surface area contributed by atoms with Crippen molar-refractivity contribution in [2.75, 3.05) is 18.2 Å². The van der Waals surface area contributed by atoms with E-state index in [1.165, 1.54) is 7.11 Å². The van der Waals surface area contributed by atoms with Gasteiger partial charge in [-0.1, -0.05) is 30.3 Å². The minimum atomic E-state index is -0.346. The SMILES string of the molecule is COC(=O)c1cccc(CSC(C)c2nc(N)nc(Nc3ccccc3)n2)c1. The monoisotopic (exact) mass is 395 g/mol. The van der Waals surface area contributed by atoms with E-state index in [-0.39, 0.29) is 17.2 Å². The predicted molar refractivity (Wildman–Crippen MR) is 111 cm³/mol. The van der Waals surface area contributed by atoms with Gasteiger partial charge in [-0.25, -0.2) is 4.79 Å². The van der Waals surface area contributed by atoms with Gasteiger partial charge in [-0.3, -0.25) is 0 Å². The molecular formula is C20H21N5O2S. The Morgan fingerprint density at radius 3 is 2.68 bits per heavy atom. The first-order chi connectivity index (χ1) is 13.5. The largest absolute Gasteiger partial charge is 0.465 e. The fourth-order valence-electron chi connectivity index (χ4n) is 2.50. The van der Waals surface area contributed by atoms with Crippen LogP contribution in [0.5, 0.6) is 0 Å². The van der Waals surface area contributed by atoms with Crippen LogP contribution in [0.2, 0.25) is 0 Å². The number of thioether (sulfide) groups is 1. The molecule has 7 nitrogen and oxygen atoms in total. The summed E-state index contributed by atoms with van der Waals surface area (Å²) in [5.74, 6) is 1.53. The van der Waals surface area contributed by atoms with E-state index in [9.17, 15) is 4.79 Å². The summed E-state index contributed by atoms with van der Waals surface area (Å²) in [7, 11) is 1.37. The van der Waals surface area contributed by atoms with Crippen LogP contribution in [0.15, 0.2) is 54.6 Å². The minimum absolute atomic E-state index is 0.0107. The molecule has 0 saturated carbocycles. The zero-order chi connectivity index (χ0) is 19.9. The highest BCUT2D eigenvalue weighted by Gasteiger charge is 2.14. The van der Waals surface area contributed by atoms with Crippen molar-refractivity contribution in [2.24, 2.45) is 0 Å². The van der Waals surface area contributed by atoms with Crippen LogP contribution in [0, 0.1) is 0 Å². The van der Waals surface area contributed by atoms with Crippen LogP contribution < -0.4 is 11.1 Å². The van der Waals surface area contributed by atoms with E-state index in [1.54, 1.807) is 17.8 Å². The van der Waals surface area contributed by atoms with Crippen LogP contribution in [0.3, 0.4) is 0 Å². The van der Waals surface area contributed by atoms with Gasteiger partial charge in [-0.15, -0.1) is 11.8 Å². The number of nitrogen functional groups attached to an aromatic ring is 1. The number of aromatic nitrogens is 3. The molecule has 0 fully saturated rings. The summed E-state index contributed by atoms with van der Waals surface area (Å²) < 4.78 is 4.77. The molecule has 0 bridgehead atoms. The fourth-order valence-corrected chi connectivity index (χ4v) is 3.38. The number of hydrogen-bond acceptors (Lipinski definition) is 8. The van der Waals surface area contributed by atoms with Crippen molar-refractivity contribution in [3.8, 4) is 0 Å². The number of esters is 1. The zero-order valence-corrected chi connectivity index (χ0v) is 16.4. The average molecular weight is 395 g/mol. The summed E-state index contributed by atoms with van der Waals surface area (Å²) in [6.45, 7) is 2.01. The highest BCUT2D eigenvalue weighted by molar-refractivity contribution is 7.98. The molecule has 1 unspecified atom stereocenters. The van der Waals surface area contributed by atoms with Crippen LogP contribution in [-0.4, -0.2) is 28.0 Å². The molecule has 0 aliphatic heterocycles. The highest BCUT2D eigenvalue weighted by atomic mass is 32.2. The molecule has 0 saturated heterocycles. The Kier molecular flexibility index (Phi) is 6.44. The van der Waals surface area contributed by atoms with Crippen molar-refractivity contribution in [2.45, 2.75) is 17.9 Å². The number of ether oxygens (including phenoxy) is 1. The second kappa shape index (κ2) is 9.18. The van der Waals surface area contributed by atoms with Gasteiger partial charge in [0, 0.05) is 11.4 Å². The molecule has 0 spiro atoms. The van der Waals surface area contributed by atoms with Crippen molar-refractivity contribution in [3.05, 3.63) is 71.5 Å². The highest BCUT2D eigenvalue weighted by Crippen LogP contribution is 2.30. The van der Waals surface area contributed by atoms with E-state index in [0.29, 0.717) is 23.1 Å². The predicted octanol–water partition coefficient (Wildman–Crippen LogP) is 3.98. The van der Waals surface area contributed by atoms with E-state index in [2.05, 4.69) is 20.3 Å². The lowest BCUT2D eigenvalue weighted by atomic mass is 10.1. The first-order valence-corrected chi connectivity index (χ1v) is 9.72. The summed E-state index contributed by atoms with van der Waals surface area (Å²) in [6.07, 6.45) is 0. The van der Waals surface area contributed by atoms with Crippen LogP contribution in [0.1, 0.15) is 33.9 Å². The van der Waals surface area contributed by atoms with Crippen molar-refractivity contribution >= 4 is 35.3 Å². The van der Waals surface area contributed by atoms with Gasteiger partial charge in [0.2, 0.25) is 11.9 Å². The van der Waals surface area contributed by atoms with Gasteiger partial charge in [0.15, 0.2) is 0 Å². The summed E-state index contributed by atoms with van der Waals surface area (Å²) in [5, 5.41) is 3.13. The third kappa shape index (κ3) is 5.20. The van der Waals surface area contributed by atoms with Crippen molar-refractivity contribution in [1.29, 1.82) is 0 Å². The van der Waals surface area contributed by atoms with Crippen LogP contribution >= 0.6 is 11.8 Å². The number of nitrogens with one attached hydrogen (secondary N) is 1. The molecule has 1 atom stereocenters. The maximum atomic E-state index is 11.7. The Labute approximate surface area is 167 Å². The molecule has 2 aromatic carbocycles. The van der Waals surface area contributed by atoms with E-state index in [0.717, 1.165) is 11.3 Å². The smallest absolute Gasteiger partial charge is 0.337 e. The standard InChI is InChI=1S/C20H21N5O2S/c1-13(28-12-14-7-6-8-15(11-14)18(26)27-2)17-23-19(21)25-20(24-17)22-16-9-4-3-5-10-16/h3-11,13H,12H2,1-2H3,(H3,21,22,23,24,25). The Bertz CT molecular complexity index is 952. The maximum absolute atomic E-state index is 11.7. The van der Waals surface area contributed by atoms with Gasteiger partial charge in [-0.05, 0) is 36.8 Å². The molecule has 0 radical (unpaired) electrons. The Morgan fingerprint density at radius 2 is 1.93 bits per heavy atom. The average Bonchev–Trinajstić information content (AvgIpc) is 2.72. The molecule has 3 rings (SSSR count). The first kappa shape index (κ1) is 19.6. The Morgan fingerprint density at radius 1 is 1.14 bits per heavy atom. The summed E-state index contributed by atoms with van der Waals surface area (Å²) in [4.78, 5) is 24.6. The number of rotatable bonds is 7. The van der Waals surface area contributed by atoms with Crippen LogP contribution in [0.25, 0.3) is 0 Å². The topological polar surface area (TPSA) is 103 Å². The molecule has 3 N–H and O–H groups in total. The second-order valence-electron chi connectivity index (χ2n) is 6.01. The van der Waals surface area contributed by atoms with E-state index >= 15 is 0 Å². The zero-order valence-electron chi connectivity index (χ0n) is 15.6. The Hall–Kier alpha value is -3.13. The Balaban J connectivity index is 1.69. The molecule has 1 heterocycles. The molecule has 8 heteroatoms. The number of benzene rings is 2. The number of carbonyl (C=O) groups is 1. The number of carbonyl (C=O) groups excluding carboxylic acids is 1. The lowest BCUT2D eigenvalue weighted by molar-refractivity contribution is 0.0600. The number of nitrogens with zero attached hydrogens (tertiary/aromatic N) is 3. The van der Waals surface area contributed by atoms with Gasteiger partial charge in [-0.2, -0.15) is 15.0 Å². The van der Waals surface area contributed by atoms with E-state index in [1.807, 2.05) is 55.5 Å². The summed E-state index contributed by atoms with van der Waals surface area (Å²) >= 11 is 1.65. The third-order valence-corrected chi connectivity index (χ3v) is 5.12. The first-order valence-electron chi connectivity index (χ1n) is 8.67. The van der Waals surface area contributed by atoms with Crippen molar-refractivity contribution < 1.29 is 9.53 Å². The van der Waals surface area contributed by atoms with Gasteiger partial charge in [0.05, 0.1) is 17.9 Å². The van der Waals surface area contributed by atoms with Gasteiger partial charge < -0.3 is 15.8 Å². The number of hydrogen-bond donors (Lipinski definition) is 2. The number of methoxy groups -OCH3 is 1. The molecule has 3 aromatic rings. The molecule has 144 valence electrons. The molecule has 1 aromatic heterocycles. The van der Waals surface area contributed by atoms with E-state index in [4.69, 9.17) is 10.5 Å². The van der Waals surface area contributed by atoms with Gasteiger partial charge in [0.1, 0.15) is 5.82 Å². The minimum Gasteiger partial charge on any atom is -0.465 e. The van der Waals surface area contributed by atoms with Crippen molar-refractivity contribution in [1.82, 2.24) is 15.0 Å². The van der Waals surface area contributed by atoms with Crippen molar-refractivity contribution in [3.63, 3.8) is 0 Å². The quantitative estimate of drug-likeness (QED) is 0.579. The summed E-state index contributed by atoms with van der Waals surface area (Å²) in [6, 6.07) is 17.0. The second-order valence-corrected chi connectivity index (χ2v) is 7.34. The molecular weight excluding hydrogens is 374 g/mol. The van der Waals surface area contributed by atoms with Crippen LogP contribution in [-0.2, 0) is 10.5 Å². The lowest BCUT2D eigenvalue weighted by Crippen LogP contribution is -2.08. The molecule has 0 aliphatic carbocycles. The molecule has 0 amide bonds. The number of anilines is 3. The number of nitrogens with two attached hydrogens (primary N) is 1. The maximum Gasteiger partial charge on any atom is 0.337 e. The summed E-state index contributed by atoms with van der Waals surface area (Å²) in [5.41, 5.74) is 8.29. The molecule has 28 heavy (non-hydrogen) atoms. The normalized spacial score (nSPS) is 11.6. The van der Waals surface area contributed by atoms with Gasteiger partial charge in [0.25, 0.3) is 0 Å². The van der Waals surface area contributed by atoms with Gasteiger partial charge >= 0.3 is 5.97 Å². The lowest BCUT2D eigenvalue weighted by Gasteiger charge is -2.12. The van der Waals surface area contributed by atoms with E-state index < -0.39 is 0 Å².